The van der Waals surface area contributed by atoms with E-state index in [9.17, 15) is 19.1 Å². The second-order valence-corrected chi connectivity index (χ2v) is 9.66. The van der Waals surface area contributed by atoms with Gasteiger partial charge in [0.1, 0.15) is 17.0 Å². The number of anilines is 2. The second kappa shape index (κ2) is 8.54. The Bertz CT molecular complexity index is 1270. The molecule has 6 nitrogen and oxygen atoms in total. The summed E-state index contributed by atoms with van der Waals surface area (Å²) in [6.07, 6.45) is 2.01. The van der Waals surface area contributed by atoms with Gasteiger partial charge in [0.25, 0.3) is 0 Å². The van der Waals surface area contributed by atoms with Crippen molar-refractivity contribution in [3.63, 3.8) is 0 Å². The number of carboxylic acids is 1. The number of carbonyl (C=O) groups is 1. The van der Waals surface area contributed by atoms with Crippen molar-refractivity contribution in [2.24, 2.45) is 5.41 Å². The zero-order valence-electron chi connectivity index (χ0n) is 19.4. The molecule has 0 spiro atoms. The first-order valence-corrected chi connectivity index (χ1v) is 11.2. The van der Waals surface area contributed by atoms with E-state index >= 15 is 0 Å². The van der Waals surface area contributed by atoms with E-state index in [0.717, 1.165) is 37.6 Å². The fourth-order valence-electron chi connectivity index (χ4n) is 4.40. The third-order valence-electron chi connectivity index (χ3n) is 6.48. The van der Waals surface area contributed by atoms with Crippen LogP contribution in [0.3, 0.4) is 0 Å². The van der Waals surface area contributed by atoms with Gasteiger partial charge in [-0.25, -0.2) is 9.18 Å². The molecule has 1 saturated heterocycles. The van der Waals surface area contributed by atoms with Crippen molar-refractivity contribution in [1.29, 1.82) is 0 Å². The molecule has 4 rings (SSSR count). The van der Waals surface area contributed by atoms with Crippen molar-refractivity contribution >= 4 is 28.5 Å². The lowest BCUT2D eigenvalue weighted by atomic mass is 9.83. The van der Waals surface area contributed by atoms with Crippen LogP contribution in [0.1, 0.15) is 61.1 Å². The predicted octanol–water partition coefficient (Wildman–Crippen LogP) is 5.74. The molecular weight excluding hydrogens is 423 g/mol. The number of hydrogen-bond donors (Lipinski definition) is 2. The first-order chi connectivity index (χ1) is 15.6. The molecular formula is C26H29FN2O4. The van der Waals surface area contributed by atoms with Gasteiger partial charge in [0.05, 0.1) is 17.1 Å². The van der Waals surface area contributed by atoms with E-state index in [0.29, 0.717) is 22.4 Å². The topological polar surface area (TPSA) is 82.8 Å². The van der Waals surface area contributed by atoms with Crippen LogP contribution in [0.15, 0.2) is 45.6 Å². The smallest absolute Gasteiger partial charge is 0.340 e. The minimum absolute atomic E-state index is 0.120. The van der Waals surface area contributed by atoms with E-state index in [4.69, 9.17) is 4.42 Å². The number of hydrogen-bond acceptors (Lipinski definition) is 5. The van der Waals surface area contributed by atoms with Crippen molar-refractivity contribution in [1.82, 2.24) is 0 Å². The monoisotopic (exact) mass is 452 g/mol. The summed E-state index contributed by atoms with van der Waals surface area (Å²) in [5, 5.41) is 13.0. The van der Waals surface area contributed by atoms with Gasteiger partial charge in [-0.1, -0.05) is 26.0 Å². The summed E-state index contributed by atoms with van der Waals surface area (Å²) >= 11 is 0. The first kappa shape index (κ1) is 22.8. The molecule has 0 unspecified atom stereocenters. The molecule has 7 heteroatoms. The van der Waals surface area contributed by atoms with Crippen LogP contribution in [0, 0.1) is 18.2 Å². The van der Waals surface area contributed by atoms with Crippen molar-refractivity contribution in [3.8, 4) is 0 Å². The molecule has 0 radical (unpaired) electrons. The van der Waals surface area contributed by atoms with Gasteiger partial charge in [-0.15, -0.1) is 0 Å². The molecule has 0 amide bonds. The molecule has 2 N–H and O–H groups in total. The van der Waals surface area contributed by atoms with E-state index < -0.39 is 23.4 Å². The number of aryl methyl sites for hydroxylation is 1. The Hall–Kier alpha value is -3.35. The van der Waals surface area contributed by atoms with Gasteiger partial charge in [-0.05, 0) is 55.9 Å². The Balaban J connectivity index is 1.76. The van der Waals surface area contributed by atoms with E-state index in [1.54, 1.807) is 12.1 Å². The SMILES string of the molecule is Cc1cc([C@@H](C)Nc2cccc(F)c2C(=O)O)c2oc(N3CCC(C)(C)CC3)cc(=O)c2c1. The Morgan fingerprint density at radius 2 is 1.91 bits per heavy atom. The minimum atomic E-state index is -1.35. The molecule has 0 saturated carbocycles. The number of halogens is 1. The van der Waals surface area contributed by atoms with Crippen LogP contribution < -0.4 is 15.6 Å². The molecule has 0 aliphatic carbocycles. The van der Waals surface area contributed by atoms with Crippen LogP contribution in [-0.2, 0) is 0 Å². The summed E-state index contributed by atoms with van der Waals surface area (Å²) in [4.78, 5) is 26.7. The number of benzene rings is 2. The lowest BCUT2D eigenvalue weighted by Crippen LogP contribution is -2.37. The highest BCUT2D eigenvalue weighted by atomic mass is 19.1. The minimum Gasteiger partial charge on any atom is -0.478 e. The number of nitrogens with zero attached hydrogens (tertiary/aromatic N) is 1. The van der Waals surface area contributed by atoms with Gasteiger partial charge in [0.2, 0.25) is 0 Å². The maximum atomic E-state index is 14.2. The molecule has 2 aromatic carbocycles. The molecule has 1 atom stereocenters. The molecule has 33 heavy (non-hydrogen) atoms. The lowest BCUT2D eigenvalue weighted by molar-refractivity contribution is 0.0693. The summed E-state index contributed by atoms with van der Waals surface area (Å²) in [7, 11) is 0. The number of rotatable bonds is 5. The number of carboxylic acid groups (broad SMARTS) is 1. The Kier molecular flexibility index (Phi) is 5.91. The van der Waals surface area contributed by atoms with Gasteiger partial charge >= 0.3 is 5.97 Å². The number of fused-ring (bicyclic) bond motifs is 1. The number of piperidine rings is 1. The molecule has 3 aromatic rings. The van der Waals surface area contributed by atoms with E-state index in [-0.39, 0.29) is 16.5 Å². The van der Waals surface area contributed by atoms with Gasteiger partial charge in [-0.3, -0.25) is 4.79 Å². The van der Waals surface area contributed by atoms with Gasteiger partial charge < -0.3 is 19.7 Å². The van der Waals surface area contributed by atoms with Gasteiger partial charge in [0, 0.05) is 24.7 Å². The van der Waals surface area contributed by atoms with Crippen molar-refractivity contribution < 1.29 is 18.7 Å². The van der Waals surface area contributed by atoms with E-state index in [1.165, 1.54) is 12.1 Å². The third kappa shape index (κ3) is 4.58. The van der Waals surface area contributed by atoms with Crippen LogP contribution in [0.2, 0.25) is 0 Å². The molecule has 1 aromatic heterocycles. The van der Waals surface area contributed by atoms with Crippen LogP contribution in [-0.4, -0.2) is 24.2 Å². The van der Waals surface area contributed by atoms with Gasteiger partial charge in [0.15, 0.2) is 11.3 Å². The summed E-state index contributed by atoms with van der Waals surface area (Å²) in [5.74, 6) is -1.62. The highest BCUT2D eigenvalue weighted by Crippen LogP contribution is 2.35. The average Bonchev–Trinajstić information content (AvgIpc) is 2.73. The third-order valence-corrected chi connectivity index (χ3v) is 6.48. The number of aromatic carboxylic acids is 1. The highest BCUT2D eigenvalue weighted by molar-refractivity contribution is 5.94. The average molecular weight is 453 g/mol. The molecule has 174 valence electrons. The summed E-state index contributed by atoms with van der Waals surface area (Å²) in [5.41, 5.74) is 1.94. The lowest BCUT2D eigenvalue weighted by Gasteiger charge is -2.37. The maximum Gasteiger partial charge on any atom is 0.340 e. The van der Waals surface area contributed by atoms with E-state index in [1.807, 2.05) is 19.9 Å². The Labute approximate surface area is 192 Å². The van der Waals surface area contributed by atoms with Crippen molar-refractivity contribution in [2.45, 2.75) is 46.6 Å². The molecule has 1 fully saturated rings. The zero-order valence-corrected chi connectivity index (χ0v) is 19.4. The fraction of sp³-hybridized carbons (Fsp3) is 0.385. The molecule has 2 heterocycles. The van der Waals surface area contributed by atoms with Crippen LogP contribution >= 0.6 is 0 Å². The molecule has 1 aliphatic rings. The Morgan fingerprint density at radius 3 is 2.58 bits per heavy atom. The molecule has 0 bridgehead atoms. The quantitative estimate of drug-likeness (QED) is 0.514. The van der Waals surface area contributed by atoms with Crippen molar-refractivity contribution in [2.75, 3.05) is 23.3 Å². The normalized spacial score (nSPS) is 16.6. The van der Waals surface area contributed by atoms with Crippen LogP contribution in [0.4, 0.5) is 16.0 Å². The number of nitrogens with one attached hydrogen (secondary N) is 1. The van der Waals surface area contributed by atoms with Crippen molar-refractivity contribution in [3.05, 3.63) is 69.1 Å². The summed E-state index contributed by atoms with van der Waals surface area (Å²) in [6, 6.07) is 8.92. The second-order valence-electron chi connectivity index (χ2n) is 9.66. The van der Waals surface area contributed by atoms with Crippen LogP contribution in [0.5, 0.6) is 0 Å². The fourth-order valence-corrected chi connectivity index (χ4v) is 4.40. The summed E-state index contributed by atoms with van der Waals surface area (Å²) in [6.45, 7) is 9.82. The van der Waals surface area contributed by atoms with Crippen LogP contribution in [0.25, 0.3) is 11.0 Å². The predicted molar refractivity (Wildman–Crippen MR) is 128 cm³/mol. The highest BCUT2D eigenvalue weighted by Gasteiger charge is 2.27. The zero-order chi connectivity index (χ0) is 23.9. The largest absolute Gasteiger partial charge is 0.478 e. The maximum absolute atomic E-state index is 14.2. The van der Waals surface area contributed by atoms with E-state index in [2.05, 4.69) is 24.1 Å². The first-order valence-electron chi connectivity index (χ1n) is 11.2. The molecule has 1 aliphatic heterocycles. The standard InChI is InChI=1S/C26H29FN2O4/c1-15-12-17(16(2)28-20-7-5-6-19(27)23(20)25(31)32)24-18(13-15)21(30)14-22(33-24)29-10-8-26(3,4)9-11-29/h5-7,12-14,16,28H,8-11H2,1-4H3,(H,31,32)/t16-/m1/s1. The summed E-state index contributed by atoms with van der Waals surface area (Å²) < 4.78 is 20.4. The van der Waals surface area contributed by atoms with Gasteiger partial charge in [-0.2, -0.15) is 0 Å². The Morgan fingerprint density at radius 1 is 1.21 bits per heavy atom.